The summed E-state index contributed by atoms with van der Waals surface area (Å²) >= 11 is 0. The highest BCUT2D eigenvalue weighted by molar-refractivity contribution is 5.28. The Balaban J connectivity index is 1.43. The molecule has 1 fully saturated rings. The van der Waals surface area contributed by atoms with Crippen LogP contribution in [0.15, 0.2) is 36.4 Å². The van der Waals surface area contributed by atoms with Crippen LogP contribution >= 0.6 is 0 Å². The zero-order valence-electron chi connectivity index (χ0n) is 12.3. The Hall–Kier alpha value is -1.46. The largest absolute Gasteiger partial charge is 0.435 e. The lowest BCUT2D eigenvalue weighted by Gasteiger charge is -2.20. The van der Waals surface area contributed by atoms with Crippen molar-refractivity contribution in [2.24, 2.45) is 17.8 Å². The first-order chi connectivity index (χ1) is 10.6. The zero-order chi connectivity index (χ0) is 15.5. The van der Waals surface area contributed by atoms with Crippen molar-refractivity contribution < 1.29 is 18.6 Å². The molecule has 0 aromatic heterocycles. The van der Waals surface area contributed by atoms with E-state index in [0.717, 1.165) is 12.5 Å². The van der Waals surface area contributed by atoms with Crippen LogP contribution in [0.1, 0.15) is 24.5 Å². The van der Waals surface area contributed by atoms with Crippen LogP contribution in [0.5, 0.6) is 5.75 Å². The van der Waals surface area contributed by atoms with Gasteiger partial charge in [-0.2, -0.15) is 8.78 Å². The summed E-state index contributed by atoms with van der Waals surface area (Å²) < 4.78 is 28.4. The summed E-state index contributed by atoms with van der Waals surface area (Å²) in [5.41, 5.74) is 0.696. The molecule has 2 N–H and O–H groups in total. The lowest BCUT2D eigenvalue weighted by molar-refractivity contribution is -0.0498. The quantitative estimate of drug-likeness (QED) is 0.760. The molecule has 3 nitrogen and oxygen atoms in total. The van der Waals surface area contributed by atoms with E-state index in [1.165, 1.54) is 25.0 Å². The van der Waals surface area contributed by atoms with Gasteiger partial charge in [-0.05, 0) is 54.8 Å². The molecule has 1 aromatic carbocycles. The number of fused-ring (bicyclic) bond motifs is 2. The van der Waals surface area contributed by atoms with Crippen molar-refractivity contribution in [3.8, 4) is 5.75 Å². The number of allylic oxidation sites excluding steroid dienone is 2. The Morgan fingerprint density at radius 1 is 1.18 bits per heavy atom. The highest BCUT2D eigenvalue weighted by atomic mass is 19.3. The number of nitrogens with one attached hydrogen (secondary N) is 1. The number of rotatable bonds is 7. The molecular weight excluding hydrogens is 288 g/mol. The lowest BCUT2D eigenvalue weighted by atomic mass is 9.93. The van der Waals surface area contributed by atoms with Gasteiger partial charge in [0.25, 0.3) is 0 Å². The zero-order valence-corrected chi connectivity index (χ0v) is 12.3. The number of ether oxygens (including phenoxy) is 1. The topological polar surface area (TPSA) is 41.5 Å². The van der Waals surface area contributed by atoms with Gasteiger partial charge in [0.05, 0.1) is 6.10 Å². The first-order valence-corrected chi connectivity index (χ1v) is 7.73. The Bertz CT molecular complexity index is 518. The molecule has 4 unspecified atom stereocenters. The minimum atomic E-state index is -2.83. The van der Waals surface area contributed by atoms with Gasteiger partial charge in [0.1, 0.15) is 5.75 Å². The molecule has 2 aliphatic carbocycles. The van der Waals surface area contributed by atoms with Crippen LogP contribution < -0.4 is 10.1 Å². The molecule has 0 radical (unpaired) electrons. The van der Waals surface area contributed by atoms with Crippen molar-refractivity contribution in [1.82, 2.24) is 5.32 Å². The molecule has 0 heterocycles. The summed E-state index contributed by atoms with van der Waals surface area (Å²) in [6.07, 6.45) is 6.51. The Morgan fingerprint density at radius 2 is 1.95 bits per heavy atom. The predicted octanol–water partition coefficient (Wildman–Crippen LogP) is 3.12. The minimum Gasteiger partial charge on any atom is -0.435 e. The van der Waals surface area contributed by atoms with Crippen LogP contribution in [0.3, 0.4) is 0 Å². The average molecular weight is 309 g/mol. The molecule has 120 valence electrons. The Labute approximate surface area is 129 Å². The average Bonchev–Trinajstić information content (AvgIpc) is 3.10. The maximum atomic E-state index is 12.1. The van der Waals surface area contributed by atoms with Gasteiger partial charge >= 0.3 is 6.61 Å². The van der Waals surface area contributed by atoms with E-state index in [9.17, 15) is 13.9 Å². The number of benzene rings is 1. The monoisotopic (exact) mass is 309 g/mol. The van der Waals surface area contributed by atoms with Gasteiger partial charge in [0.2, 0.25) is 0 Å². The highest BCUT2D eigenvalue weighted by Gasteiger charge is 2.35. The van der Waals surface area contributed by atoms with Crippen molar-refractivity contribution in [2.45, 2.75) is 25.6 Å². The van der Waals surface area contributed by atoms with E-state index in [1.54, 1.807) is 12.1 Å². The molecular formula is C17H21F2NO2. The molecule has 4 atom stereocenters. The summed E-state index contributed by atoms with van der Waals surface area (Å²) in [5.74, 6) is 2.22. The first-order valence-electron chi connectivity index (χ1n) is 7.73. The normalized spacial score (nSPS) is 27.5. The van der Waals surface area contributed by atoms with Crippen LogP contribution in [0.25, 0.3) is 0 Å². The van der Waals surface area contributed by atoms with Gasteiger partial charge in [-0.15, -0.1) is 0 Å². The number of hydrogen-bond acceptors (Lipinski definition) is 3. The van der Waals surface area contributed by atoms with Gasteiger partial charge in [0.15, 0.2) is 0 Å². The fourth-order valence-corrected chi connectivity index (χ4v) is 3.52. The van der Waals surface area contributed by atoms with Crippen LogP contribution in [0.4, 0.5) is 8.78 Å². The molecule has 0 amide bonds. The Kier molecular flexibility index (Phi) is 4.74. The van der Waals surface area contributed by atoms with E-state index in [2.05, 4.69) is 22.2 Å². The maximum Gasteiger partial charge on any atom is 0.387 e. The maximum absolute atomic E-state index is 12.1. The molecule has 1 saturated carbocycles. The number of aliphatic hydroxyl groups is 1. The second kappa shape index (κ2) is 6.75. The second-order valence-electron chi connectivity index (χ2n) is 6.16. The fraction of sp³-hybridized carbons (Fsp3) is 0.529. The standard InChI is InChI=1S/C17H21F2NO2/c18-17(19)22-15-5-3-12(4-6-15)16(21)10-20-9-14-8-11-1-2-13(14)7-11/h1-6,11,13-14,16-17,20-21H,7-10H2. The van der Waals surface area contributed by atoms with E-state index in [1.807, 2.05) is 0 Å². The van der Waals surface area contributed by atoms with Crippen LogP contribution in [0, 0.1) is 17.8 Å². The predicted molar refractivity (Wildman–Crippen MR) is 79.7 cm³/mol. The molecule has 2 bridgehead atoms. The molecule has 2 aliphatic rings. The van der Waals surface area contributed by atoms with E-state index in [4.69, 9.17) is 0 Å². The molecule has 3 rings (SSSR count). The Morgan fingerprint density at radius 3 is 2.55 bits per heavy atom. The number of alkyl halides is 2. The third-order valence-corrected chi connectivity index (χ3v) is 4.65. The minimum absolute atomic E-state index is 0.104. The van der Waals surface area contributed by atoms with Crippen molar-refractivity contribution in [3.63, 3.8) is 0 Å². The van der Waals surface area contributed by atoms with Crippen molar-refractivity contribution in [3.05, 3.63) is 42.0 Å². The lowest BCUT2D eigenvalue weighted by Crippen LogP contribution is -2.29. The van der Waals surface area contributed by atoms with Gasteiger partial charge in [-0.1, -0.05) is 24.3 Å². The third-order valence-electron chi connectivity index (χ3n) is 4.65. The smallest absolute Gasteiger partial charge is 0.387 e. The van der Waals surface area contributed by atoms with E-state index >= 15 is 0 Å². The summed E-state index contributed by atoms with van der Waals surface area (Å²) in [7, 11) is 0. The molecule has 0 saturated heterocycles. The summed E-state index contributed by atoms with van der Waals surface area (Å²) in [5, 5.41) is 13.5. The van der Waals surface area contributed by atoms with E-state index < -0.39 is 12.7 Å². The van der Waals surface area contributed by atoms with Crippen LogP contribution in [0.2, 0.25) is 0 Å². The van der Waals surface area contributed by atoms with Crippen molar-refractivity contribution in [1.29, 1.82) is 0 Å². The second-order valence-corrected chi connectivity index (χ2v) is 6.16. The van der Waals surface area contributed by atoms with Gasteiger partial charge in [-0.25, -0.2) is 0 Å². The fourth-order valence-electron chi connectivity index (χ4n) is 3.52. The molecule has 1 aromatic rings. The summed E-state index contributed by atoms with van der Waals surface area (Å²) in [6.45, 7) is -1.45. The number of halogens is 2. The SMILES string of the molecule is OC(CNCC1CC2C=CC1C2)c1ccc(OC(F)F)cc1. The van der Waals surface area contributed by atoms with Crippen LogP contribution in [-0.2, 0) is 0 Å². The number of aliphatic hydroxyl groups excluding tert-OH is 1. The summed E-state index contributed by atoms with van der Waals surface area (Å²) in [6, 6.07) is 6.13. The molecule has 0 aliphatic heterocycles. The summed E-state index contributed by atoms with van der Waals surface area (Å²) in [4.78, 5) is 0. The highest BCUT2D eigenvalue weighted by Crippen LogP contribution is 2.42. The van der Waals surface area contributed by atoms with Crippen LogP contribution in [-0.4, -0.2) is 24.8 Å². The molecule has 22 heavy (non-hydrogen) atoms. The van der Waals surface area contributed by atoms with Crippen molar-refractivity contribution in [2.75, 3.05) is 13.1 Å². The number of hydrogen-bond donors (Lipinski definition) is 2. The van der Waals surface area contributed by atoms with Gasteiger partial charge in [0, 0.05) is 6.54 Å². The van der Waals surface area contributed by atoms with Gasteiger partial charge in [-0.3, -0.25) is 0 Å². The van der Waals surface area contributed by atoms with Crippen molar-refractivity contribution >= 4 is 0 Å². The van der Waals surface area contributed by atoms with E-state index in [-0.39, 0.29) is 5.75 Å². The third kappa shape index (κ3) is 3.65. The van der Waals surface area contributed by atoms with E-state index in [0.29, 0.717) is 23.9 Å². The molecule has 0 spiro atoms. The first kappa shape index (κ1) is 15.4. The van der Waals surface area contributed by atoms with Gasteiger partial charge < -0.3 is 15.2 Å². The molecule has 5 heteroatoms.